The van der Waals surface area contributed by atoms with Crippen molar-refractivity contribution in [1.29, 1.82) is 0 Å². The van der Waals surface area contributed by atoms with Crippen molar-refractivity contribution in [3.63, 3.8) is 0 Å². The summed E-state index contributed by atoms with van der Waals surface area (Å²) in [6.07, 6.45) is 0.962. The molecule has 16 heavy (non-hydrogen) atoms. The van der Waals surface area contributed by atoms with Crippen LogP contribution in [0.4, 0.5) is 0 Å². The summed E-state index contributed by atoms with van der Waals surface area (Å²) in [5, 5.41) is 18.8. The lowest BCUT2D eigenvalue weighted by atomic mass is 10.0. The first-order valence-corrected chi connectivity index (χ1v) is 5.12. The van der Waals surface area contributed by atoms with Crippen LogP contribution in [0.5, 0.6) is 0 Å². The van der Waals surface area contributed by atoms with E-state index in [2.05, 4.69) is 4.98 Å². The molecule has 0 spiro atoms. The highest BCUT2D eigenvalue weighted by atomic mass is 16.5. The van der Waals surface area contributed by atoms with Gasteiger partial charge < -0.3 is 14.9 Å². The summed E-state index contributed by atoms with van der Waals surface area (Å²) in [4.78, 5) is 15.1. The van der Waals surface area contributed by atoms with Gasteiger partial charge in [0.15, 0.2) is 0 Å². The standard InChI is InChI=1S/C10H14N2O4.H2/c1-6-8(14)7(5-13)16-9(6)12-4-2-3-11-10(12)15;/h2-4,6-9,13-14H,5H2,1H3;1H/t6-,7-,8?,9-;/m1./s1. The molecule has 2 rings (SSSR count). The molecule has 1 aromatic rings. The number of rotatable bonds is 2. The van der Waals surface area contributed by atoms with Crippen LogP contribution in [0.15, 0.2) is 23.3 Å². The Morgan fingerprint density at radius 3 is 3.00 bits per heavy atom. The minimum absolute atomic E-state index is 0. The summed E-state index contributed by atoms with van der Waals surface area (Å²) < 4.78 is 6.75. The Hall–Kier alpha value is -1.24. The minimum Gasteiger partial charge on any atom is -0.394 e. The first-order chi connectivity index (χ1) is 7.65. The van der Waals surface area contributed by atoms with Crippen LogP contribution in [0.2, 0.25) is 0 Å². The summed E-state index contributed by atoms with van der Waals surface area (Å²) >= 11 is 0. The van der Waals surface area contributed by atoms with Crippen LogP contribution in [0.1, 0.15) is 14.6 Å². The Morgan fingerprint density at radius 1 is 1.69 bits per heavy atom. The van der Waals surface area contributed by atoms with Gasteiger partial charge in [0, 0.05) is 19.7 Å². The molecule has 4 atom stereocenters. The number of hydrogen-bond donors (Lipinski definition) is 2. The van der Waals surface area contributed by atoms with Crippen LogP contribution in [0, 0.1) is 5.92 Å². The number of hydrogen-bond acceptors (Lipinski definition) is 5. The maximum atomic E-state index is 11.5. The highest BCUT2D eigenvalue weighted by Crippen LogP contribution is 2.33. The van der Waals surface area contributed by atoms with Gasteiger partial charge in [0.05, 0.1) is 12.7 Å². The van der Waals surface area contributed by atoms with Crippen molar-refractivity contribution in [3.8, 4) is 0 Å². The zero-order chi connectivity index (χ0) is 11.7. The molecule has 6 heteroatoms. The molecule has 0 aliphatic carbocycles. The molecule has 6 nitrogen and oxygen atoms in total. The van der Waals surface area contributed by atoms with Crippen molar-refractivity contribution < 1.29 is 16.4 Å². The molecule has 90 valence electrons. The van der Waals surface area contributed by atoms with Crippen molar-refractivity contribution in [3.05, 3.63) is 28.9 Å². The van der Waals surface area contributed by atoms with Crippen LogP contribution in [0.3, 0.4) is 0 Å². The van der Waals surface area contributed by atoms with Gasteiger partial charge in [0.1, 0.15) is 12.3 Å². The van der Waals surface area contributed by atoms with Gasteiger partial charge in [0.25, 0.3) is 0 Å². The molecular formula is C10H16N2O4. The molecule has 0 amide bonds. The van der Waals surface area contributed by atoms with Crippen LogP contribution < -0.4 is 5.69 Å². The van der Waals surface area contributed by atoms with Crippen molar-refractivity contribution >= 4 is 0 Å². The smallest absolute Gasteiger partial charge is 0.349 e. The second kappa shape index (κ2) is 4.32. The first-order valence-electron chi connectivity index (χ1n) is 5.12. The van der Waals surface area contributed by atoms with Gasteiger partial charge in [-0.3, -0.25) is 4.57 Å². The van der Waals surface area contributed by atoms with Gasteiger partial charge in [0.2, 0.25) is 0 Å². The average Bonchev–Trinajstić information content (AvgIpc) is 2.57. The SMILES string of the molecule is C[C@@H]1C(O)[C@@H](CO)O[C@H]1n1cccnc1=O.[HH]. The number of aromatic nitrogens is 2. The fourth-order valence-electron chi connectivity index (χ4n) is 1.92. The second-order valence-corrected chi connectivity index (χ2v) is 3.91. The monoisotopic (exact) mass is 228 g/mol. The summed E-state index contributed by atoms with van der Waals surface area (Å²) in [6, 6.07) is 1.62. The number of ether oxygens (including phenoxy) is 1. The van der Waals surface area contributed by atoms with Gasteiger partial charge >= 0.3 is 5.69 Å². The predicted octanol–water partition coefficient (Wildman–Crippen LogP) is -0.624. The summed E-state index contributed by atoms with van der Waals surface area (Å²) in [7, 11) is 0. The molecule has 1 unspecified atom stereocenters. The van der Waals surface area contributed by atoms with E-state index in [1.54, 1.807) is 19.2 Å². The summed E-state index contributed by atoms with van der Waals surface area (Å²) in [5.74, 6) is -0.265. The third kappa shape index (κ3) is 1.75. The Labute approximate surface area is 93.6 Å². The molecule has 1 saturated heterocycles. The van der Waals surface area contributed by atoms with E-state index >= 15 is 0 Å². The van der Waals surface area contributed by atoms with Crippen molar-refractivity contribution in [2.75, 3.05) is 6.61 Å². The molecule has 0 saturated carbocycles. The Morgan fingerprint density at radius 2 is 2.44 bits per heavy atom. The number of aliphatic hydroxyl groups excluding tert-OH is 2. The third-order valence-electron chi connectivity index (χ3n) is 2.88. The van der Waals surface area contributed by atoms with Crippen molar-refractivity contribution in [2.24, 2.45) is 5.92 Å². The zero-order valence-electron chi connectivity index (χ0n) is 8.85. The largest absolute Gasteiger partial charge is 0.394 e. The fraction of sp³-hybridized carbons (Fsp3) is 0.600. The topological polar surface area (TPSA) is 84.6 Å². The number of aliphatic hydroxyl groups is 2. The van der Waals surface area contributed by atoms with Crippen LogP contribution in [0.25, 0.3) is 0 Å². The van der Waals surface area contributed by atoms with E-state index in [1.165, 1.54) is 10.8 Å². The first kappa shape index (κ1) is 11.3. The van der Waals surface area contributed by atoms with E-state index in [-0.39, 0.29) is 14.0 Å². The predicted molar refractivity (Wildman–Crippen MR) is 56.8 cm³/mol. The molecule has 1 aliphatic rings. The molecule has 0 aromatic carbocycles. The Balaban J connectivity index is 0.00000144. The van der Waals surface area contributed by atoms with Crippen molar-refractivity contribution in [2.45, 2.75) is 25.4 Å². The van der Waals surface area contributed by atoms with Gasteiger partial charge in [-0.05, 0) is 6.07 Å². The number of nitrogens with zero attached hydrogens (tertiary/aromatic N) is 2. The van der Waals surface area contributed by atoms with E-state index in [4.69, 9.17) is 9.84 Å². The van der Waals surface area contributed by atoms with Gasteiger partial charge in [-0.15, -0.1) is 0 Å². The highest BCUT2D eigenvalue weighted by molar-refractivity contribution is 4.90. The van der Waals surface area contributed by atoms with Gasteiger partial charge in [-0.1, -0.05) is 6.92 Å². The van der Waals surface area contributed by atoms with Crippen LogP contribution in [-0.2, 0) is 4.74 Å². The lowest BCUT2D eigenvalue weighted by Crippen LogP contribution is -2.30. The highest BCUT2D eigenvalue weighted by Gasteiger charge is 2.41. The molecule has 1 aromatic heterocycles. The lowest BCUT2D eigenvalue weighted by Gasteiger charge is -2.17. The second-order valence-electron chi connectivity index (χ2n) is 3.91. The van der Waals surface area contributed by atoms with E-state index in [1.807, 2.05) is 0 Å². The van der Waals surface area contributed by atoms with Gasteiger partial charge in [-0.25, -0.2) is 9.78 Å². The van der Waals surface area contributed by atoms with Gasteiger partial charge in [-0.2, -0.15) is 0 Å². The van der Waals surface area contributed by atoms with Crippen LogP contribution in [-0.4, -0.2) is 38.6 Å². The minimum atomic E-state index is -0.776. The molecule has 2 N–H and O–H groups in total. The van der Waals surface area contributed by atoms with E-state index in [9.17, 15) is 9.90 Å². The normalized spacial score (nSPS) is 34.2. The molecule has 1 aliphatic heterocycles. The third-order valence-corrected chi connectivity index (χ3v) is 2.88. The van der Waals surface area contributed by atoms with E-state index in [0.717, 1.165) is 0 Å². The maximum absolute atomic E-state index is 11.5. The molecule has 0 radical (unpaired) electrons. The molecular weight excluding hydrogens is 212 g/mol. The molecule has 2 heterocycles. The fourth-order valence-corrected chi connectivity index (χ4v) is 1.92. The van der Waals surface area contributed by atoms with E-state index < -0.39 is 24.1 Å². The summed E-state index contributed by atoms with van der Waals surface area (Å²) in [5.41, 5.74) is -0.426. The van der Waals surface area contributed by atoms with E-state index in [0.29, 0.717) is 0 Å². The Kier molecular flexibility index (Phi) is 3.04. The molecule has 0 bridgehead atoms. The average molecular weight is 228 g/mol. The quantitative estimate of drug-likeness (QED) is 0.704. The Bertz CT molecular complexity index is 425. The summed E-state index contributed by atoms with van der Waals surface area (Å²) in [6.45, 7) is 1.50. The molecule has 1 fully saturated rings. The zero-order valence-corrected chi connectivity index (χ0v) is 8.85. The lowest BCUT2D eigenvalue weighted by molar-refractivity contribution is -0.0476. The van der Waals surface area contributed by atoms with Crippen LogP contribution >= 0.6 is 0 Å². The maximum Gasteiger partial charge on any atom is 0.349 e. The van der Waals surface area contributed by atoms with Crippen molar-refractivity contribution in [1.82, 2.24) is 9.55 Å².